The number of hydrogen-bond donors (Lipinski definition) is 1. The Labute approximate surface area is 75.0 Å². The molecular weight excluding hydrogens is 178 g/mol. The molecule has 1 fully saturated rings. The zero-order valence-corrected chi connectivity index (χ0v) is 7.06. The van der Waals surface area contributed by atoms with Gasteiger partial charge in [0.05, 0.1) is 19.7 Å². The maximum absolute atomic E-state index is 10.7. The molecular formula is C7H11NO5. The van der Waals surface area contributed by atoms with Crippen LogP contribution in [-0.2, 0) is 19.1 Å². The zero-order valence-electron chi connectivity index (χ0n) is 7.06. The minimum absolute atomic E-state index is 0.0977. The highest BCUT2D eigenvalue weighted by Crippen LogP contribution is 1.98. The quantitative estimate of drug-likeness (QED) is 0.247. The van der Waals surface area contributed by atoms with E-state index in [9.17, 15) is 9.59 Å². The Balaban J connectivity index is 2.25. The van der Waals surface area contributed by atoms with E-state index in [1.807, 2.05) is 0 Å². The Bertz CT molecular complexity index is 189. The van der Waals surface area contributed by atoms with Crippen LogP contribution in [0.3, 0.4) is 0 Å². The van der Waals surface area contributed by atoms with Crippen molar-refractivity contribution in [2.45, 2.75) is 0 Å². The molecule has 0 spiro atoms. The van der Waals surface area contributed by atoms with Gasteiger partial charge in [-0.2, -0.15) is 0 Å². The van der Waals surface area contributed by atoms with Gasteiger partial charge in [-0.1, -0.05) is 0 Å². The van der Waals surface area contributed by atoms with Crippen molar-refractivity contribution in [2.24, 2.45) is 0 Å². The van der Waals surface area contributed by atoms with Gasteiger partial charge in [-0.15, -0.1) is 0 Å². The SMILES string of the molecule is O=C1CN(CCOCO)CC(=O)O1. The third-order valence-corrected chi connectivity index (χ3v) is 1.58. The lowest BCUT2D eigenvalue weighted by atomic mass is 10.4. The van der Waals surface area contributed by atoms with Gasteiger partial charge in [0.1, 0.15) is 6.79 Å². The number of ether oxygens (including phenoxy) is 2. The van der Waals surface area contributed by atoms with E-state index in [1.165, 1.54) is 0 Å². The number of aliphatic hydroxyl groups excluding tert-OH is 1. The van der Waals surface area contributed by atoms with Crippen LogP contribution in [0.5, 0.6) is 0 Å². The molecule has 0 aromatic carbocycles. The van der Waals surface area contributed by atoms with Crippen LogP contribution in [0.15, 0.2) is 0 Å². The molecule has 1 heterocycles. The third kappa shape index (κ3) is 3.49. The van der Waals surface area contributed by atoms with E-state index in [4.69, 9.17) is 5.11 Å². The number of carbonyl (C=O) groups is 2. The van der Waals surface area contributed by atoms with Gasteiger partial charge >= 0.3 is 11.9 Å². The van der Waals surface area contributed by atoms with Crippen molar-refractivity contribution in [3.05, 3.63) is 0 Å². The average molecular weight is 189 g/mol. The topological polar surface area (TPSA) is 76.1 Å². The number of rotatable bonds is 4. The van der Waals surface area contributed by atoms with Gasteiger partial charge in [-0.05, 0) is 0 Å². The maximum atomic E-state index is 10.7. The minimum atomic E-state index is -0.541. The second-order valence-electron chi connectivity index (χ2n) is 2.59. The van der Waals surface area contributed by atoms with Gasteiger partial charge in [-0.25, -0.2) is 0 Å². The molecule has 1 aliphatic heterocycles. The normalized spacial score (nSPS) is 18.8. The van der Waals surface area contributed by atoms with Crippen molar-refractivity contribution in [2.75, 3.05) is 33.0 Å². The predicted molar refractivity (Wildman–Crippen MR) is 40.6 cm³/mol. The summed E-state index contributed by atoms with van der Waals surface area (Å²) in [6, 6.07) is 0. The zero-order chi connectivity index (χ0) is 9.68. The van der Waals surface area contributed by atoms with Crippen molar-refractivity contribution in [3.63, 3.8) is 0 Å². The van der Waals surface area contributed by atoms with Crippen LogP contribution >= 0.6 is 0 Å². The summed E-state index contributed by atoms with van der Waals surface area (Å²) in [6.45, 7) is 0.561. The molecule has 0 atom stereocenters. The van der Waals surface area contributed by atoms with Crippen molar-refractivity contribution >= 4 is 11.9 Å². The smallest absolute Gasteiger partial charge is 0.327 e. The van der Waals surface area contributed by atoms with E-state index in [2.05, 4.69) is 9.47 Å². The molecule has 0 aromatic heterocycles. The van der Waals surface area contributed by atoms with Crippen molar-refractivity contribution in [1.29, 1.82) is 0 Å². The van der Waals surface area contributed by atoms with Gasteiger partial charge in [0.25, 0.3) is 0 Å². The van der Waals surface area contributed by atoms with Gasteiger partial charge in [0.15, 0.2) is 0 Å². The monoisotopic (exact) mass is 189 g/mol. The van der Waals surface area contributed by atoms with Crippen molar-refractivity contribution in [1.82, 2.24) is 4.90 Å². The highest BCUT2D eigenvalue weighted by atomic mass is 16.6. The summed E-state index contributed by atoms with van der Waals surface area (Å²) < 4.78 is 8.97. The number of morpholine rings is 1. The highest BCUT2D eigenvalue weighted by Gasteiger charge is 2.23. The maximum Gasteiger partial charge on any atom is 0.327 e. The predicted octanol–water partition coefficient (Wildman–Crippen LogP) is -1.66. The number of carbonyl (C=O) groups excluding carboxylic acids is 2. The lowest BCUT2D eigenvalue weighted by Crippen LogP contribution is -2.44. The van der Waals surface area contributed by atoms with Gasteiger partial charge in [0, 0.05) is 6.54 Å². The first-order chi connectivity index (χ1) is 6.22. The summed E-state index contributed by atoms with van der Waals surface area (Å²) in [4.78, 5) is 23.1. The first-order valence-electron chi connectivity index (χ1n) is 3.87. The van der Waals surface area contributed by atoms with E-state index in [-0.39, 0.29) is 26.5 Å². The summed E-state index contributed by atoms with van der Waals surface area (Å²) in [5.74, 6) is -1.08. The standard InChI is InChI=1S/C7H11NO5/c9-5-12-2-1-8-3-6(10)13-7(11)4-8/h9H,1-5H2. The lowest BCUT2D eigenvalue weighted by Gasteiger charge is -2.23. The fraction of sp³-hybridized carbons (Fsp3) is 0.714. The largest absolute Gasteiger partial charge is 0.391 e. The lowest BCUT2D eigenvalue weighted by molar-refractivity contribution is -0.167. The summed E-state index contributed by atoms with van der Waals surface area (Å²) in [7, 11) is 0. The number of cyclic esters (lactones) is 2. The molecule has 0 bridgehead atoms. The fourth-order valence-electron chi connectivity index (χ4n) is 1.03. The Morgan fingerprint density at radius 3 is 2.54 bits per heavy atom. The molecule has 0 radical (unpaired) electrons. The van der Waals surface area contributed by atoms with Crippen LogP contribution in [0, 0.1) is 0 Å². The molecule has 0 saturated carbocycles. The first kappa shape index (κ1) is 10.1. The van der Waals surface area contributed by atoms with Crippen LogP contribution in [0.2, 0.25) is 0 Å². The van der Waals surface area contributed by atoms with Crippen LogP contribution in [0.25, 0.3) is 0 Å². The molecule has 1 saturated heterocycles. The third-order valence-electron chi connectivity index (χ3n) is 1.58. The summed E-state index contributed by atoms with van der Waals surface area (Å²) in [6.07, 6.45) is 0. The minimum Gasteiger partial charge on any atom is -0.391 e. The number of esters is 2. The molecule has 13 heavy (non-hydrogen) atoms. The second-order valence-corrected chi connectivity index (χ2v) is 2.59. The van der Waals surface area contributed by atoms with Crippen molar-refractivity contribution in [3.8, 4) is 0 Å². The Morgan fingerprint density at radius 2 is 2.00 bits per heavy atom. The van der Waals surface area contributed by atoms with Crippen LogP contribution in [0.4, 0.5) is 0 Å². The van der Waals surface area contributed by atoms with E-state index in [1.54, 1.807) is 4.90 Å². The molecule has 6 heteroatoms. The summed E-state index contributed by atoms with van der Waals surface area (Å²) in [5.41, 5.74) is 0. The van der Waals surface area contributed by atoms with Gasteiger partial charge < -0.3 is 14.6 Å². The Morgan fingerprint density at radius 1 is 1.38 bits per heavy atom. The fourth-order valence-corrected chi connectivity index (χ4v) is 1.03. The Hall–Kier alpha value is -0.980. The molecule has 6 nitrogen and oxygen atoms in total. The molecule has 0 aliphatic carbocycles. The Kier molecular flexibility index (Phi) is 3.81. The highest BCUT2D eigenvalue weighted by molar-refractivity contribution is 5.90. The second kappa shape index (κ2) is 4.90. The van der Waals surface area contributed by atoms with Crippen molar-refractivity contribution < 1.29 is 24.2 Å². The van der Waals surface area contributed by atoms with Gasteiger partial charge in [0.2, 0.25) is 0 Å². The number of nitrogens with zero attached hydrogens (tertiary/aromatic N) is 1. The van der Waals surface area contributed by atoms with E-state index in [0.29, 0.717) is 6.54 Å². The number of hydrogen-bond acceptors (Lipinski definition) is 6. The molecule has 0 amide bonds. The average Bonchev–Trinajstić information content (AvgIpc) is 2.03. The number of aliphatic hydroxyl groups is 1. The van der Waals surface area contributed by atoms with Crippen LogP contribution in [-0.4, -0.2) is 55.0 Å². The molecule has 1 rings (SSSR count). The summed E-state index contributed by atoms with van der Waals surface area (Å²) >= 11 is 0. The van der Waals surface area contributed by atoms with E-state index < -0.39 is 11.9 Å². The van der Waals surface area contributed by atoms with Gasteiger partial charge in [-0.3, -0.25) is 14.5 Å². The van der Waals surface area contributed by atoms with Crippen LogP contribution < -0.4 is 0 Å². The molecule has 0 unspecified atom stereocenters. The van der Waals surface area contributed by atoms with Crippen LogP contribution in [0.1, 0.15) is 0 Å². The molecule has 74 valence electrons. The molecule has 0 aromatic rings. The van der Waals surface area contributed by atoms with E-state index >= 15 is 0 Å². The summed E-state index contributed by atoms with van der Waals surface area (Å²) in [5, 5.41) is 8.30. The first-order valence-corrected chi connectivity index (χ1v) is 3.87. The van der Waals surface area contributed by atoms with E-state index in [0.717, 1.165) is 0 Å². The molecule has 1 N–H and O–H groups in total. The molecule has 1 aliphatic rings.